The molecule has 10 heteroatoms. The number of hydrogen-bond acceptors (Lipinski definition) is 4. The maximum atomic E-state index is 12.7. The molecule has 0 unspecified atom stereocenters. The highest BCUT2D eigenvalue weighted by Crippen LogP contribution is 2.21. The maximum absolute atomic E-state index is 12.7. The molecule has 0 aliphatic carbocycles. The number of halogens is 1. The largest absolute Gasteiger partial charge is 0.352 e. The molecule has 1 aromatic rings. The van der Waals surface area contributed by atoms with Crippen molar-refractivity contribution in [3.63, 3.8) is 0 Å². The van der Waals surface area contributed by atoms with E-state index in [1.54, 1.807) is 17.0 Å². The highest BCUT2D eigenvalue weighted by atomic mass is 35.5. The van der Waals surface area contributed by atoms with Crippen LogP contribution in [0.5, 0.6) is 0 Å². The molecule has 1 saturated heterocycles. The number of nitrogens with zero attached hydrogens (tertiary/aromatic N) is 2. The Morgan fingerprint density at radius 1 is 1.22 bits per heavy atom. The van der Waals surface area contributed by atoms with E-state index in [0.717, 1.165) is 0 Å². The van der Waals surface area contributed by atoms with Gasteiger partial charge in [-0.2, -0.15) is 4.31 Å². The molecular weight excluding hydrogens is 392 g/mol. The highest BCUT2D eigenvalue weighted by molar-refractivity contribution is 7.89. The van der Waals surface area contributed by atoms with Crippen molar-refractivity contribution in [3.8, 4) is 0 Å². The van der Waals surface area contributed by atoms with Crippen molar-refractivity contribution in [3.05, 3.63) is 29.3 Å². The second-order valence-electron chi connectivity index (χ2n) is 6.88. The number of benzene rings is 1. The predicted octanol–water partition coefficient (Wildman–Crippen LogP) is 1.26. The van der Waals surface area contributed by atoms with Gasteiger partial charge in [0.05, 0.1) is 4.90 Å². The van der Waals surface area contributed by atoms with Gasteiger partial charge in [0.1, 0.15) is 6.04 Å². The second kappa shape index (κ2) is 8.90. The number of primary amides is 1. The van der Waals surface area contributed by atoms with Crippen LogP contribution in [0, 0.1) is 5.92 Å². The number of urea groups is 1. The molecule has 1 atom stereocenters. The van der Waals surface area contributed by atoms with Crippen LogP contribution in [0.15, 0.2) is 29.2 Å². The Kier molecular flexibility index (Phi) is 7.07. The topological polar surface area (TPSA) is 113 Å². The average Bonchev–Trinajstić information content (AvgIpc) is 2.60. The monoisotopic (exact) mass is 416 g/mol. The number of nitrogens with two attached hydrogens (primary N) is 1. The minimum atomic E-state index is -3.67. The summed E-state index contributed by atoms with van der Waals surface area (Å²) in [5.74, 6) is -0.0578. The van der Waals surface area contributed by atoms with Crippen molar-refractivity contribution in [2.45, 2.75) is 31.2 Å². The Labute approximate surface area is 164 Å². The Balaban J connectivity index is 2.05. The van der Waals surface area contributed by atoms with Crippen molar-refractivity contribution in [1.82, 2.24) is 14.5 Å². The normalized spacial score (nSPS) is 17.0. The lowest BCUT2D eigenvalue weighted by atomic mass is 10.0. The molecule has 3 amide bonds. The van der Waals surface area contributed by atoms with Gasteiger partial charge in [-0.3, -0.25) is 4.79 Å². The number of amides is 3. The van der Waals surface area contributed by atoms with Crippen LogP contribution in [0.2, 0.25) is 5.02 Å². The lowest BCUT2D eigenvalue weighted by Gasteiger charge is -2.36. The van der Waals surface area contributed by atoms with Gasteiger partial charge in [-0.05, 0) is 30.5 Å². The van der Waals surface area contributed by atoms with Crippen LogP contribution in [0.3, 0.4) is 0 Å². The van der Waals surface area contributed by atoms with Gasteiger partial charge >= 0.3 is 6.03 Å². The van der Waals surface area contributed by atoms with E-state index in [9.17, 15) is 18.0 Å². The zero-order valence-corrected chi connectivity index (χ0v) is 17.0. The third-order valence-corrected chi connectivity index (χ3v) is 6.44. The van der Waals surface area contributed by atoms with Gasteiger partial charge in [0.2, 0.25) is 15.9 Å². The average molecular weight is 417 g/mol. The third-order valence-electron chi connectivity index (χ3n) is 4.31. The van der Waals surface area contributed by atoms with E-state index >= 15 is 0 Å². The SMILES string of the molecule is CC(C)C[C@@H](NC(N)=O)C(=O)N1CCN(S(=O)(=O)c2cccc(Cl)c2)CC1. The van der Waals surface area contributed by atoms with Gasteiger partial charge in [0.25, 0.3) is 0 Å². The number of nitrogens with one attached hydrogen (secondary N) is 1. The minimum Gasteiger partial charge on any atom is -0.352 e. The molecule has 1 heterocycles. The molecule has 0 bridgehead atoms. The Hall–Kier alpha value is -1.84. The quantitative estimate of drug-likeness (QED) is 0.726. The molecule has 8 nitrogen and oxygen atoms in total. The molecular formula is C17H25ClN4O4S. The van der Waals surface area contributed by atoms with E-state index in [1.165, 1.54) is 16.4 Å². The Morgan fingerprint density at radius 3 is 2.37 bits per heavy atom. The van der Waals surface area contributed by atoms with Crippen LogP contribution < -0.4 is 11.1 Å². The first-order valence-electron chi connectivity index (χ1n) is 8.71. The maximum Gasteiger partial charge on any atom is 0.312 e. The van der Waals surface area contributed by atoms with E-state index < -0.39 is 22.1 Å². The standard InChI is InChI=1S/C17H25ClN4O4S/c1-12(2)10-15(20-17(19)24)16(23)21-6-8-22(9-7-21)27(25,26)14-5-3-4-13(18)11-14/h3-5,11-12,15H,6-10H2,1-2H3,(H3,19,20,24)/t15-/m1/s1. The van der Waals surface area contributed by atoms with Gasteiger partial charge in [-0.1, -0.05) is 31.5 Å². The van der Waals surface area contributed by atoms with Gasteiger partial charge < -0.3 is 16.0 Å². The number of sulfonamides is 1. The zero-order chi connectivity index (χ0) is 20.2. The Morgan fingerprint density at radius 2 is 1.85 bits per heavy atom. The summed E-state index contributed by atoms with van der Waals surface area (Å²) >= 11 is 5.89. The molecule has 3 N–H and O–H groups in total. The van der Waals surface area contributed by atoms with Gasteiger partial charge in [-0.15, -0.1) is 0 Å². The molecule has 2 rings (SSSR count). The summed E-state index contributed by atoms with van der Waals surface area (Å²) in [5.41, 5.74) is 5.17. The van der Waals surface area contributed by atoms with Crippen molar-refractivity contribution < 1.29 is 18.0 Å². The first kappa shape index (κ1) is 21.5. The number of carbonyl (C=O) groups excluding carboxylic acids is 2. The molecule has 0 saturated carbocycles. The molecule has 0 spiro atoms. The van der Waals surface area contributed by atoms with E-state index in [1.807, 2.05) is 13.8 Å². The molecule has 1 fully saturated rings. The molecule has 27 heavy (non-hydrogen) atoms. The summed E-state index contributed by atoms with van der Waals surface area (Å²) in [4.78, 5) is 25.6. The number of piperazine rings is 1. The van der Waals surface area contributed by atoms with Crippen LogP contribution in [0.1, 0.15) is 20.3 Å². The van der Waals surface area contributed by atoms with E-state index in [4.69, 9.17) is 17.3 Å². The summed E-state index contributed by atoms with van der Waals surface area (Å²) in [6.07, 6.45) is 0.461. The van der Waals surface area contributed by atoms with Crippen molar-refractivity contribution in [2.75, 3.05) is 26.2 Å². The molecule has 0 radical (unpaired) electrons. The summed E-state index contributed by atoms with van der Waals surface area (Å²) in [6, 6.07) is 4.63. The molecule has 1 aliphatic rings. The van der Waals surface area contributed by atoms with Crippen LogP contribution in [-0.2, 0) is 14.8 Å². The van der Waals surface area contributed by atoms with Gasteiger partial charge in [0, 0.05) is 31.2 Å². The predicted molar refractivity (Wildman–Crippen MR) is 103 cm³/mol. The smallest absolute Gasteiger partial charge is 0.312 e. The summed E-state index contributed by atoms with van der Waals surface area (Å²) in [6.45, 7) is 4.72. The number of carbonyl (C=O) groups is 2. The van der Waals surface area contributed by atoms with E-state index in [2.05, 4.69) is 5.32 Å². The number of rotatable bonds is 6. The fourth-order valence-electron chi connectivity index (χ4n) is 3.01. The third kappa shape index (κ3) is 5.57. The van der Waals surface area contributed by atoms with Crippen LogP contribution >= 0.6 is 11.6 Å². The van der Waals surface area contributed by atoms with Gasteiger partial charge in [-0.25, -0.2) is 13.2 Å². The first-order chi connectivity index (χ1) is 12.6. The van der Waals surface area contributed by atoms with Crippen molar-refractivity contribution >= 4 is 33.6 Å². The van der Waals surface area contributed by atoms with Crippen LogP contribution in [-0.4, -0.2) is 61.8 Å². The lowest BCUT2D eigenvalue weighted by molar-refractivity contribution is -0.134. The second-order valence-corrected chi connectivity index (χ2v) is 9.25. The summed E-state index contributed by atoms with van der Waals surface area (Å²) < 4.78 is 26.8. The minimum absolute atomic E-state index is 0.128. The van der Waals surface area contributed by atoms with Crippen LogP contribution in [0.25, 0.3) is 0 Å². The van der Waals surface area contributed by atoms with E-state index in [0.29, 0.717) is 11.4 Å². The van der Waals surface area contributed by atoms with Crippen molar-refractivity contribution in [2.24, 2.45) is 11.7 Å². The molecule has 0 aromatic heterocycles. The van der Waals surface area contributed by atoms with E-state index in [-0.39, 0.29) is 42.9 Å². The fourth-order valence-corrected chi connectivity index (χ4v) is 4.73. The molecule has 1 aromatic carbocycles. The molecule has 150 valence electrons. The Bertz CT molecular complexity index is 792. The summed E-state index contributed by atoms with van der Waals surface area (Å²) in [7, 11) is -3.67. The first-order valence-corrected chi connectivity index (χ1v) is 10.5. The number of hydrogen-bond donors (Lipinski definition) is 2. The zero-order valence-electron chi connectivity index (χ0n) is 15.4. The van der Waals surface area contributed by atoms with Crippen molar-refractivity contribution in [1.29, 1.82) is 0 Å². The van der Waals surface area contributed by atoms with Gasteiger partial charge in [0.15, 0.2) is 0 Å². The molecule has 1 aliphatic heterocycles. The van der Waals surface area contributed by atoms with Crippen LogP contribution in [0.4, 0.5) is 4.79 Å². The lowest BCUT2D eigenvalue weighted by Crippen LogP contribution is -2.56. The highest BCUT2D eigenvalue weighted by Gasteiger charge is 2.33. The summed E-state index contributed by atoms with van der Waals surface area (Å²) in [5, 5.41) is 2.83. The fraction of sp³-hybridized carbons (Fsp3) is 0.529.